The van der Waals surface area contributed by atoms with Crippen molar-refractivity contribution in [2.75, 3.05) is 12.5 Å². The molecule has 0 aliphatic carbocycles. The van der Waals surface area contributed by atoms with Gasteiger partial charge >= 0.3 is 0 Å². The Labute approximate surface area is 123 Å². The summed E-state index contributed by atoms with van der Waals surface area (Å²) in [7, 11) is -8.80. The van der Waals surface area contributed by atoms with Crippen LogP contribution in [0.5, 0.6) is 0 Å². The van der Waals surface area contributed by atoms with Gasteiger partial charge in [-0.05, 0) is 5.56 Å². The van der Waals surface area contributed by atoms with E-state index in [1.807, 2.05) is 0 Å². The summed E-state index contributed by atoms with van der Waals surface area (Å²) in [6.45, 7) is 0. The first-order valence-corrected chi connectivity index (χ1v) is 9.76. The van der Waals surface area contributed by atoms with E-state index in [1.165, 1.54) is 0 Å². The minimum atomic E-state index is -4.49. The minimum Gasteiger partial charge on any atom is -0.388 e. The predicted molar refractivity (Wildman–Crippen MR) is 76.8 cm³/mol. The van der Waals surface area contributed by atoms with E-state index in [9.17, 15) is 32.2 Å². The summed E-state index contributed by atoms with van der Waals surface area (Å²) in [5.74, 6) is 0. The van der Waals surface area contributed by atoms with Crippen LogP contribution in [-0.4, -0.2) is 61.1 Å². The number of sulfone groups is 2. The molecule has 0 spiro atoms. The van der Waals surface area contributed by atoms with Crippen molar-refractivity contribution in [3.63, 3.8) is 0 Å². The maximum absolute atomic E-state index is 11.7. The van der Waals surface area contributed by atoms with Crippen molar-refractivity contribution in [3.05, 3.63) is 35.9 Å². The molecule has 0 aliphatic rings. The molecule has 1 rings (SSSR count). The van der Waals surface area contributed by atoms with E-state index in [0.29, 0.717) is 18.1 Å². The van der Waals surface area contributed by atoms with E-state index in [0.717, 1.165) is 0 Å². The first kappa shape index (κ1) is 18.1. The van der Waals surface area contributed by atoms with Gasteiger partial charge in [-0.3, -0.25) is 0 Å². The maximum atomic E-state index is 11.7. The lowest BCUT2D eigenvalue weighted by atomic mass is 10.0. The molecule has 3 atom stereocenters. The van der Waals surface area contributed by atoms with Gasteiger partial charge in [0.05, 0.1) is 0 Å². The molecule has 0 aromatic heterocycles. The molecule has 0 aliphatic heterocycles. The van der Waals surface area contributed by atoms with E-state index < -0.39 is 36.1 Å². The Morgan fingerprint density at radius 2 is 1.52 bits per heavy atom. The predicted octanol–water partition coefficient (Wildman–Crippen LogP) is -1.31. The van der Waals surface area contributed by atoms with Gasteiger partial charge in [0.15, 0.2) is 19.7 Å². The van der Waals surface area contributed by atoms with Crippen LogP contribution < -0.4 is 0 Å². The Bertz CT molecular complexity index is 682. The van der Waals surface area contributed by atoms with Crippen LogP contribution in [-0.2, 0) is 26.1 Å². The molecule has 0 heterocycles. The van der Waals surface area contributed by atoms with Crippen LogP contribution in [0.4, 0.5) is 0 Å². The van der Waals surface area contributed by atoms with E-state index in [2.05, 4.69) is 0 Å². The molecular weight excluding hydrogens is 320 g/mol. The first-order chi connectivity index (χ1) is 9.40. The number of hydrogen-bond acceptors (Lipinski definition) is 7. The lowest BCUT2D eigenvalue weighted by molar-refractivity contribution is -0.0607. The topological polar surface area (TPSA) is 129 Å². The quantitative estimate of drug-likeness (QED) is 0.587. The Morgan fingerprint density at radius 1 is 1.05 bits per heavy atom. The average Bonchev–Trinajstić information content (AvgIpc) is 2.35. The van der Waals surface area contributed by atoms with Crippen molar-refractivity contribution in [1.29, 1.82) is 0 Å². The van der Waals surface area contributed by atoms with E-state index in [1.54, 1.807) is 30.3 Å². The molecule has 0 fully saturated rings. The van der Waals surface area contributed by atoms with Crippen molar-refractivity contribution in [2.45, 2.75) is 22.9 Å². The van der Waals surface area contributed by atoms with Crippen molar-refractivity contribution in [2.24, 2.45) is 0 Å². The summed E-state index contributed by atoms with van der Waals surface area (Å²) in [5.41, 5.74) is -2.17. The third-order valence-corrected chi connectivity index (χ3v) is 6.11. The summed E-state index contributed by atoms with van der Waals surface area (Å²) < 4.78 is 46.3. The van der Waals surface area contributed by atoms with Gasteiger partial charge in [0.1, 0.15) is 6.10 Å². The fourth-order valence-corrected chi connectivity index (χ4v) is 4.65. The van der Waals surface area contributed by atoms with Crippen LogP contribution in [0.25, 0.3) is 0 Å². The molecule has 3 N–H and O–H groups in total. The Kier molecular flexibility index (Phi) is 5.17. The largest absolute Gasteiger partial charge is 0.388 e. The van der Waals surface area contributed by atoms with Gasteiger partial charge in [0.2, 0.25) is 10.4 Å². The number of rotatable bonds is 6. The van der Waals surface area contributed by atoms with E-state index >= 15 is 0 Å². The van der Waals surface area contributed by atoms with Gasteiger partial charge in [-0.1, -0.05) is 30.3 Å². The SMILES string of the molecule is CS(=O)(=O)C(O)C(O)([C@H](O)Cc1ccccc1)S(C)(=O)=O. The molecule has 9 heteroatoms. The number of hydrogen-bond donors (Lipinski definition) is 3. The molecule has 1 aromatic rings. The summed E-state index contributed by atoms with van der Waals surface area (Å²) >= 11 is 0. The van der Waals surface area contributed by atoms with Crippen LogP contribution in [0.15, 0.2) is 30.3 Å². The zero-order chi connectivity index (χ0) is 16.5. The molecule has 1 aromatic carbocycles. The molecule has 7 nitrogen and oxygen atoms in total. The maximum Gasteiger partial charge on any atom is 0.232 e. The van der Waals surface area contributed by atoms with Gasteiger partial charge in [-0.25, -0.2) is 16.8 Å². The van der Waals surface area contributed by atoms with Gasteiger partial charge in [0, 0.05) is 18.9 Å². The Morgan fingerprint density at radius 3 is 1.90 bits per heavy atom. The summed E-state index contributed by atoms with van der Waals surface area (Å²) in [6.07, 6.45) is -1.23. The van der Waals surface area contributed by atoms with Gasteiger partial charge in [-0.15, -0.1) is 0 Å². The number of aliphatic hydroxyl groups excluding tert-OH is 2. The van der Waals surface area contributed by atoms with Crippen molar-refractivity contribution in [1.82, 2.24) is 0 Å². The molecule has 0 radical (unpaired) electrons. The highest BCUT2D eigenvalue weighted by molar-refractivity contribution is 7.95. The molecule has 0 saturated carbocycles. The monoisotopic (exact) mass is 338 g/mol. The van der Waals surface area contributed by atoms with Crippen LogP contribution in [0.1, 0.15) is 5.56 Å². The molecule has 2 unspecified atom stereocenters. The lowest BCUT2D eigenvalue weighted by Crippen LogP contribution is -2.60. The zero-order valence-electron chi connectivity index (χ0n) is 11.5. The van der Waals surface area contributed by atoms with Crippen LogP contribution in [0, 0.1) is 0 Å². The van der Waals surface area contributed by atoms with E-state index in [4.69, 9.17) is 0 Å². The Balaban J connectivity index is 3.27. The van der Waals surface area contributed by atoms with E-state index in [-0.39, 0.29) is 6.42 Å². The third-order valence-electron chi connectivity index (χ3n) is 3.10. The summed E-state index contributed by atoms with van der Waals surface area (Å²) in [5, 5.41) is 30.0. The molecular formula is C12H18O7S2. The second kappa shape index (κ2) is 6.01. The standard InChI is InChI=1S/C12H18O7S2/c1-20(16,17)11(14)12(15,21(2,18)19)10(13)8-9-6-4-3-5-7-9/h3-7,10-11,13-15H,8H2,1-2H3/t10-,11?,12?/m1/s1. The van der Waals surface area contributed by atoms with Crippen molar-refractivity contribution < 1.29 is 32.2 Å². The molecule has 0 bridgehead atoms. The highest BCUT2D eigenvalue weighted by atomic mass is 32.2. The third kappa shape index (κ3) is 3.80. The first-order valence-electron chi connectivity index (χ1n) is 5.91. The van der Waals surface area contributed by atoms with Crippen molar-refractivity contribution in [3.8, 4) is 0 Å². The highest BCUT2D eigenvalue weighted by Crippen LogP contribution is 2.28. The highest BCUT2D eigenvalue weighted by Gasteiger charge is 2.55. The Hall–Kier alpha value is -1.00. The van der Waals surface area contributed by atoms with Gasteiger partial charge < -0.3 is 15.3 Å². The van der Waals surface area contributed by atoms with Gasteiger partial charge in [0.25, 0.3) is 0 Å². The van der Waals surface area contributed by atoms with Gasteiger partial charge in [-0.2, -0.15) is 0 Å². The van der Waals surface area contributed by atoms with Crippen LogP contribution >= 0.6 is 0 Å². The molecule has 120 valence electrons. The summed E-state index contributed by atoms with van der Waals surface area (Å²) in [4.78, 5) is -3.21. The van der Waals surface area contributed by atoms with Crippen molar-refractivity contribution >= 4 is 19.7 Å². The molecule has 21 heavy (non-hydrogen) atoms. The fraction of sp³-hybridized carbons (Fsp3) is 0.500. The lowest BCUT2D eigenvalue weighted by Gasteiger charge is -2.34. The number of benzene rings is 1. The van der Waals surface area contributed by atoms with Crippen LogP contribution in [0.2, 0.25) is 0 Å². The molecule has 0 amide bonds. The normalized spacial score (nSPS) is 18.7. The average molecular weight is 338 g/mol. The minimum absolute atomic E-state index is 0.336. The second-order valence-corrected chi connectivity index (χ2v) is 9.22. The fourth-order valence-electron chi connectivity index (χ4n) is 1.89. The zero-order valence-corrected chi connectivity index (χ0v) is 13.2. The molecule has 0 saturated heterocycles. The number of aliphatic hydroxyl groups is 3. The second-order valence-electron chi connectivity index (χ2n) is 4.91. The summed E-state index contributed by atoms with van der Waals surface area (Å²) in [6, 6.07) is 8.10. The smallest absolute Gasteiger partial charge is 0.232 e. The van der Waals surface area contributed by atoms with Crippen LogP contribution in [0.3, 0.4) is 0 Å².